The first-order valence-electron chi connectivity index (χ1n) is 10.9. The van der Waals surface area contributed by atoms with Crippen molar-refractivity contribution < 1.29 is 14.1 Å². The van der Waals surface area contributed by atoms with Gasteiger partial charge in [0.15, 0.2) is 0 Å². The van der Waals surface area contributed by atoms with Crippen LogP contribution in [0, 0.1) is 11.3 Å². The number of hydrogen-bond acceptors (Lipinski definition) is 5. The molecule has 0 bridgehead atoms. The summed E-state index contributed by atoms with van der Waals surface area (Å²) < 4.78 is 5.60. The number of aromatic nitrogens is 2. The number of rotatable bonds is 5. The Morgan fingerprint density at radius 2 is 1.83 bits per heavy atom. The Morgan fingerprint density at radius 3 is 2.53 bits per heavy atom. The van der Waals surface area contributed by atoms with E-state index in [2.05, 4.69) is 27.7 Å². The molecular formula is C23H30N4O3. The Labute approximate surface area is 177 Å². The minimum atomic E-state index is -0.335. The largest absolute Gasteiger partial charge is 0.359 e. The van der Waals surface area contributed by atoms with E-state index in [9.17, 15) is 9.59 Å². The van der Waals surface area contributed by atoms with Gasteiger partial charge in [-0.25, -0.2) is 0 Å². The quantitative estimate of drug-likeness (QED) is 0.787. The molecule has 0 radical (unpaired) electrons. The molecule has 2 aliphatic carbocycles. The molecule has 0 unspecified atom stereocenters. The summed E-state index contributed by atoms with van der Waals surface area (Å²) in [5, 5.41) is 10.1. The van der Waals surface area contributed by atoms with E-state index in [0.29, 0.717) is 24.6 Å². The van der Waals surface area contributed by atoms with Crippen LogP contribution in [0.4, 0.5) is 0 Å². The number of amides is 2. The van der Waals surface area contributed by atoms with E-state index in [1.807, 2.05) is 30.3 Å². The van der Waals surface area contributed by atoms with E-state index in [4.69, 9.17) is 4.52 Å². The summed E-state index contributed by atoms with van der Waals surface area (Å²) in [6.45, 7) is 2.06. The Kier molecular flexibility index (Phi) is 5.88. The third kappa shape index (κ3) is 4.11. The van der Waals surface area contributed by atoms with Crippen LogP contribution in [-0.4, -0.2) is 35.0 Å². The molecule has 1 aromatic carbocycles. The van der Waals surface area contributed by atoms with Gasteiger partial charge in [-0.1, -0.05) is 61.7 Å². The van der Waals surface area contributed by atoms with Crippen molar-refractivity contribution in [1.82, 2.24) is 20.8 Å². The van der Waals surface area contributed by atoms with Gasteiger partial charge in [0, 0.05) is 30.0 Å². The minimum absolute atomic E-state index is 0.0107. The fourth-order valence-corrected chi connectivity index (χ4v) is 4.88. The van der Waals surface area contributed by atoms with Gasteiger partial charge in [-0.2, -0.15) is 4.98 Å². The topological polar surface area (TPSA) is 97.1 Å². The zero-order valence-electron chi connectivity index (χ0n) is 17.7. The smallest absolute Gasteiger partial charge is 0.232 e. The number of benzene rings is 1. The van der Waals surface area contributed by atoms with Gasteiger partial charge in [0.2, 0.25) is 23.5 Å². The van der Waals surface area contributed by atoms with E-state index in [1.54, 1.807) is 7.05 Å². The lowest BCUT2D eigenvalue weighted by atomic mass is 9.75. The van der Waals surface area contributed by atoms with E-state index in [0.717, 1.165) is 31.2 Å². The molecule has 2 aromatic rings. The zero-order chi connectivity index (χ0) is 21.1. The van der Waals surface area contributed by atoms with Crippen LogP contribution in [0.3, 0.4) is 0 Å². The summed E-state index contributed by atoms with van der Waals surface area (Å²) in [6.07, 6.45) is 6.35. The Balaban J connectivity index is 1.55. The summed E-state index contributed by atoms with van der Waals surface area (Å²) >= 11 is 0. The lowest BCUT2D eigenvalue weighted by Gasteiger charge is -2.33. The van der Waals surface area contributed by atoms with Crippen molar-refractivity contribution in [1.29, 1.82) is 0 Å². The van der Waals surface area contributed by atoms with Crippen molar-refractivity contribution in [2.75, 3.05) is 7.05 Å². The molecule has 7 nitrogen and oxygen atoms in total. The molecule has 2 N–H and O–H groups in total. The van der Waals surface area contributed by atoms with Crippen LogP contribution >= 0.6 is 0 Å². The first-order chi connectivity index (χ1) is 14.5. The maximum Gasteiger partial charge on any atom is 0.232 e. The number of carbonyl (C=O) groups excluding carboxylic acids is 2. The zero-order valence-corrected chi connectivity index (χ0v) is 17.7. The average Bonchev–Trinajstić information content (AvgIpc) is 3.42. The fourth-order valence-electron chi connectivity index (χ4n) is 4.88. The van der Waals surface area contributed by atoms with Crippen LogP contribution in [0.1, 0.15) is 63.7 Å². The van der Waals surface area contributed by atoms with Crippen molar-refractivity contribution in [3.05, 3.63) is 36.2 Å². The highest BCUT2D eigenvalue weighted by atomic mass is 16.5. The lowest BCUT2D eigenvalue weighted by molar-refractivity contribution is -0.133. The molecule has 1 heterocycles. The molecule has 2 amide bonds. The highest BCUT2D eigenvalue weighted by Crippen LogP contribution is 2.41. The van der Waals surface area contributed by atoms with Crippen LogP contribution in [0.15, 0.2) is 34.9 Å². The van der Waals surface area contributed by atoms with Gasteiger partial charge < -0.3 is 15.2 Å². The van der Waals surface area contributed by atoms with Gasteiger partial charge in [-0.05, 0) is 25.7 Å². The molecule has 2 fully saturated rings. The predicted molar refractivity (Wildman–Crippen MR) is 112 cm³/mol. The molecule has 1 aromatic heterocycles. The second-order valence-electron chi connectivity index (χ2n) is 8.91. The van der Waals surface area contributed by atoms with Gasteiger partial charge in [0.1, 0.15) is 0 Å². The molecule has 0 spiro atoms. The SMILES string of the molecule is CNC(=O)[C@H]1C[C@H](NC(=O)C2(C)CCCCC2)[C@H](c2nc(-c3ccccc3)no2)C1. The molecule has 2 saturated carbocycles. The van der Waals surface area contributed by atoms with E-state index in [-0.39, 0.29) is 35.1 Å². The average molecular weight is 411 g/mol. The van der Waals surface area contributed by atoms with E-state index in [1.165, 1.54) is 6.42 Å². The third-order valence-corrected chi connectivity index (χ3v) is 6.79. The lowest BCUT2D eigenvalue weighted by Crippen LogP contribution is -2.46. The standard InChI is InChI=1S/C23H30N4O3/c1-23(11-7-4-8-12-23)22(29)25-18-14-16(20(28)24-2)13-17(18)21-26-19(27-30-21)15-9-5-3-6-10-15/h3,5-6,9-10,16-18H,4,7-8,11-14H2,1-2H3,(H,24,28)(H,25,29)/t16-,17-,18+/m1/s1. The monoisotopic (exact) mass is 410 g/mol. The van der Waals surface area contributed by atoms with Gasteiger partial charge in [0.25, 0.3) is 0 Å². The normalized spacial score (nSPS) is 25.6. The predicted octanol–water partition coefficient (Wildman–Crippen LogP) is 3.43. The highest BCUT2D eigenvalue weighted by molar-refractivity contribution is 5.83. The van der Waals surface area contributed by atoms with E-state index < -0.39 is 0 Å². The Hall–Kier alpha value is -2.70. The summed E-state index contributed by atoms with van der Waals surface area (Å²) in [7, 11) is 1.65. The summed E-state index contributed by atoms with van der Waals surface area (Å²) in [4.78, 5) is 30.1. The number of carbonyl (C=O) groups is 2. The van der Waals surface area contributed by atoms with Gasteiger partial charge in [0.05, 0.1) is 5.92 Å². The second kappa shape index (κ2) is 8.58. The summed E-state index contributed by atoms with van der Waals surface area (Å²) in [5.74, 6) is 0.726. The molecule has 30 heavy (non-hydrogen) atoms. The van der Waals surface area contributed by atoms with Gasteiger partial charge in [-0.15, -0.1) is 0 Å². The second-order valence-corrected chi connectivity index (χ2v) is 8.91. The first-order valence-corrected chi connectivity index (χ1v) is 10.9. The van der Waals surface area contributed by atoms with Crippen LogP contribution in [0.5, 0.6) is 0 Å². The summed E-state index contributed by atoms with van der Waals surface area (Å²) in [5.41, 5.74) is 0.543. The molecule has 3 atom stereocenters. The molecule has 7 heteroatoms. The van der Waals surface area contributed by atoms with Gasteiger partial charge >= 0.3 is 0 Å². The Bertz CT molecular complexity index is 889. The fraction of sp³-hybridized carbons (Fsp3) is 0.565. The maximum absolute atomic E-state index is 13.1. The molecular weight excluding hydrogens is 380 g/mol. The van der Waals surface area contributed by atoms with Crippen molar-refractivity contribution in [2.45, 2.75) is 63.8 Å². The first kappa shape index (κ1) is 20.6. The number of nitrogens with one attached hydrogen (secondary N) is 2. The molecule has 0 saturated heterocycles. The van der Waals surface area contributed by atoms with Crippen molar-refractivity contribution in [3.63, 3.8) is 0 Å². The number of hydrogen-bond donors (Lipinski definition) is 2. The van der Waals surface area contributed by atoms with E-state index >= 15 is 0 Å². The maximum atomic E-state index is 13.1. The molecule has 2 aliphatic rings. The molecule has 160 valence electrons. The summed E-state index contributed by atoms with van der Waals surface area (Å²) in [6, 6.07) is 9.46. The van der Waals surface area contributed by atoms with Crippen molar-refractivity contribution >= 4 is 11.8 Å². The number of nitrogens with zero attached hydrogens (tertiary/aromatic N) is 2. The van der Waals surface area contributed by atoms with Gasteiger partial charge in [-0.3, -0.25) is 9.59 Å². The Morgan fingerprint density at radius 1 is 1.10 bits per heavy atom. The van der Waals surface area contributed by atoms with Crippen LogP contribution in [0.2, 0.25) is 0 Å². The molecule has 0 aliphatic heterocycles. The van der Waals surface area contributed by atoms with Crippen molar-refractivity contribution in [2.24, 2.45) is 11.3 Å². The highest BCUT2D eigenvalue weighted by Gasteiger charge is 2.44. The van der Waals surface area contributed by atoms with Crippen LogP contribution < -0.4 is 10.6 Å². The minimum Gasteiger partial charge on any atom is -0.359 e. The van der Waals surface area contributed by atoms with Crippen molar-refractivity contribution in [3.8, 4) is 11.4 Å². The third-order valence-electron chi connectivity index (χ3n) is 6.79. The van der Waals surface area contributed by atoms with Crippen LogP contribution in [-0.2, 0) is 9.59 Å². The van der Waals surface area contributed by atoms with Crippen LogP contribution in [0.25, 0.3) is 11.4 Å². The molecule has 4 rings (SSSR count).